The zero-order valence-corrected chi connectivity index (χ0v) is 10.5. The molecule has 0 bridgehead atoms. The van der Waals surface area contributed by atoms with E-state index in [0.29, 0.717) is 0 Å². The molecule has 86 valence electrons. The molecule has 0 heterocycles. The first-order valence-corrected chi connectivity index (χ1v) is 5.73. The van der Waals surface area contributed by atoms with Gasteiger partial charge in [-0.25, -0.2) is 4.79 Å². The molecule has 6 heteroatoms. The van der Waals surface area contributed by atoms with Gasteiger partial charge in [0.15, 0.2) is 6.19 Å². The van der Waals surface area contributed by atoms with Crippen LogP contribution >= 0.6 is 11.8 Å². The highest BCUT2D eigenvalue weighted by Crippen LogP contribution is 2.14. The maximum absolute atomic E-state index is 11.6. The number of hydrogen-bond acceptors (Lipinski definition) is 5. The SMILES string of the molecule is CSC(NC#N)OC(=O)N(C)C(C)(C)C. The molecule has 5 nitrogen and oxygen atoms in total. The number of hydrogen-bond donors (Lipinski definition) is 1. The van der Waals surface area contributed by atoms with Crippen LogP contribution < -0.4 is 5.32 Å². The normalized spacial score (nSPS) is 12.5. The van der Waals surface area contributed by atoms with Crippen molar-refractivity contribution in [3.8, 4) is 6.19 Å². The number of thioether (sulfide) groups is 1. The van der Waals surface area contributed by atoms with Gasteiger partial charge in [-0.2, -0.15) is 5.26 Å². The molecule has 0 radical (unpaired) electrons. The number of nitrogens with one attached hydrogen (secondary N) is 1. The summed E-state index contributed by atoms with van der Waals surface area (Å²) in [5.41, 5.74) is -0.931. The zero-order valence-electron chi connectivity index (χ0n) is 9.70. The van der Waals surface area contributed by atoms with E-state index in [4.69, 9.17) is 10.00 Å². The van der Waals surface area contributed by atoms with E-state index >= 15 is 0 Å². The zero-order chi connectivity index (χ0) is 12.1. The minimum atomic E-state index is -0.632. The van der Waals surface area contributed by atoms with E-state index in [1.54, 1.807) is 19.5 Å². The van der Waals surface area contributed by atoms with Crippen molar-refractivity contribution in [1.29, 1.82) is 5.26 Å². The molecule has 0 aliphatic carbocycles. The van der Waals surface area contributed by atoms with Crippen molar-refractivity contribution in [1.82, 2.24) is 10.2 Å². The van der Waals surface area contributed by atoms with Crippen LogP contribution in [0, 0.1) is 11.5 Å². The predicted molar refractivity (Wildman–Crippen MR) is 60.0 cm³/mol. The summed E-state index contributed by atoms with van der Waals surface area (Å²) < 4.78 is 5.04. The Kier molecular flexibility index (Phi) is 5.29. The molecule has 0 aliphatic rings. The minimum Gasteiger partial charge on any atom is -0.415 e. The molecule has 0 aromatic heterocycles. The van der Waals surface area contributed by atoms with Gasteiger partial charge < -0.3 is 9.64 Å². The van der Waals surface area contributed by atoms with E-state index in [9.17, 15) is 4.79 Å². The topological polar surface area (TPSA) is 65.4 Å². The van der Waals surface area contributed by atoms with Gasteiger partial charge in [-0.05, 0) is 27.0 Å². The van der Waals surface area contributed by atoms with Gasteiger partial charge in [0.1, 0.15) is 0 Å². The summed E-state index contributed by atoms with van der Waals surface area (Å²) in [7, 11) is 1.66. The van der Waals surface area contributed by atoms with Crippen LogP contribution in [0.2, 0.25) is 0 Å². The molecule has 0 fully saturated rings. The first-order valence-electron chi connectivity index (χ1n) is 4.44. The third-order valence-corrected chi connectivity index (χ3v) is 2.53. The second kappa shape index (κ2) is 5.71. The van der Waals surface area contributed by atoms with Crippen molar-refractivity contribution in [3.05, 3.63) is 0 Å². The highest BCUT2D eigenvalue weighted by molar-refractivity contribution is 7.99. The first-order chi connectivity index (χ1) is 6.82. The van der Waals surface area contributed by atoms with Gasteiger partial charge in [0.05, 0.1) is 0 Å². The molecule has 0 aliphatic heterocycles. The smallest absolute Gasteiger partial charge is 0.412 e. The van der Waals surface area contributed by atoms with Crippen molar-refractivity contribution < 1.29 is 9.53 Å². The lowest BCUT2D eigenvalue weighted by Gasteiger charge is -2.31. The molecule has 0 saturated carbocycles. The summed E-state index contributed by atoms with van der Waals surface area (Å²) in [6.45, 7) is 5.71. The molecular formula is C9H17N3O2S. The van der Waals surface area contributed by atoms with E-state index in [2.05, 4.69) is 5.32 Å². The highest BCUT2D eigenvalue weighted by atomic mass is 32.2. The van der Waals surface area contributed by atoms with Crippen LogP contribution in [0.25, 0.3) is 0 Å². The molecule has 1 amide bonds. The van der Waals surface area contributed by atoms with Crippen LogP contribution in [0.3, 0.4) is 0 Å². The molecule has 1 unspecified atom stereocenters. The van der Waals surface area contributed by atoms with Crippen molar-refractivity contribution in [2.75, 3.05) is 13.3 Å². The van der Waals surface area contributed by atoms with Crippen LogP contribution in [0.5, 0.6) is 0 Å². The summed E-state index contributed by atoms with van der Waals surface area (Å²) in [5.74, 6) is 0. The van der Waals surface area contributed by atoms with Crippen molar-refractivity contribution >= 4 is 17.9 Å². The van der Waals surface area contributed by atoms with Gasteiger partial charge >= 0.3 is 6.09 Å². The van der Waals surface area contributed by atoms with Gasteiger partial charge in [-0.3, -0.25) is 5.32 Å². The van der Waals surface area contributed by atoms with Gasteiger partial charge in [-0.1, -0.05) is 11.8 Å². The average molecular weight is 231 g/mol. The van der Waals surface area contributed by atoms with Crippen LogP contribution in [0.4, 0.5) is 4.79 Å². The fourth-order valence-electron chi connectivity index (χ4n) is 0.634. The third kappa shape index (κ3) is 4.79. The molecule has 1 atom stereocenters. The standard InChI is InChI=1S/C9H17N3O2S/c1-9(2,3)12(4)8(13)14-7(15-5)11-6-10/h7,11H,1-5H3. The van der Waals surface area contributed by atoms with Crippen molar-refractivity contribution in [2.45, 2.75) is 31.9 Å². The summed E-state index contributed by atoms with van der Waals surface area (Å²) >= 11 is 1.25. The number of amides is 1. The van der Waals surface area contributed by atoms with Crippen LogP contribution in [-0.4, -0.2) is 35.4 Å². The van der Waals surface area contributed by atoms with Crippen molar-refractivity contribution in [3.63, 3.8) is 0 Å². The fraction of sp³-hybridized carbons (Fsp3) is 0.778. The lowest BCUT2D eigenvalue weighted by molar-refractivity contribution is 0.0692. The Morgan fingerprint density at radius 3 is 2.47 bits per heavy atom. The Bertz CT molecular complexity index is 257. The Morgan fingerprint density at radius 2 is 2.13 bits per heavy atom. The molecule has 0 aromatic rings. The van der Waals surface area contributed by atoms with Gasteiger partial charge in [-0.15, -0.1) is 0 Å². The van der Waals surface area contributed by atoms with E-state index in [0.717, 1.165) is 0 Å². The average Bonchev–Trinajstić information content (AvgIpc) is 2.14. The quantitative estimate of drug-likeness (QED) is 0.454. The maximum atomic E-state index is 11.6. The highest BCUT2D eigenvalue weighted by Gasteiger charge is 2.25. The lowest BCUT2D eigenvalue weighted by Crippen LogP contribution is -2.45. The Morgan fingerprint density at radius 1 is 1.60 bits per heavy atom. The number of nitriles is 1. The monoisotopic (exact) mass is 231 g/mol. The second-order valence-corrected chi connectivity index (χ2v) is 4.84. The van der Waals surface area contributed by atoms with E-state index in [1.807, 2.05) is 20.8 Å². The second-order valence-electron chi connectivity index (χ2n) is 3.94. The van der Waals surface area contributed by atoms with Gasteiger partial charge in [0, 0.05) is 12.6 Å². The molecule has 0 saturated heterocycles. The first kappa shape index (κ1) is 13.9. The number of nitrogens with zero attached hydrogens (tertiary/aromatic N) is 2. The molecule has 1 N–H and O–H groups in total. The Balaban J connectivity index is 4.30. The Labute approximate surface area is 94.8 Å². The number of carbonyl (C=O) groups excluding carboxylic acids is 1. The number of carbonyl (C=O) groups is 1. The van der Waals surface area contributed by atoms with Crippen molar-refractivity contribution in [2.24, 2.45) is 0 Å². The van der Waals surface area contributed by atoms with Crippen LogP contribution in [0.1, 0.15) is 20.8 Å². The Hall–Kier alpha value is -1.09. The molecular weight excluding hydrogens is 214 g/mol. The van der Waals surface area contributed by atoms with Crippen LogP contribution in [0.15, 0.2) is 0 Å². The third-order valence-electron chi connectivity index (χ3n) is 1.88. The van der Waals surface area contributed by atoms with E-state index in [-0.39, 0.29) is 5.54 Å². The summed E-state index contributed by atoms with van der Waals surface area (Å²) in [5, 5.41) is 10.8. The number of rotatable bonds is 3. The number of ether oxygens (including phenoxy) is 1. The molecule has 0 rings (SSSR count). The lowest BCUT2D eigenvalue weighted by atomic mass is 10.1. The van der Waals surface area contributed by atoms with Gasteiger partial charge in [0.2, 0.25) is 5.56 Å². The van der Waals surface area contributed by atoms with Crippen LogP contribution in [-0.2, 0) is 4.74 Å². The minimum absolute atomic E-state index is 0.299. The van der Waals surface area contributed by atoms with E-state index in [1.165, 1.54) is 16.7 Å². The largest absolute Gasteiger partial charge is 0.415 e. The van der Waals surface area contributed by atoms with Gasteiger partial charge in [0.25, 0.3) is 0 Å². The molecule has 15 heavy (non-hydrogen) atoms. The summed E-state index contributed by atoms with van der Waals surface area (Å²) in [4.78, 5) is 13.1. The van der Waals surface area contributed by atoms with E-state index < -0.39 is 11.7 Å². The molecule has 0 aromatic carbocycles. The fourth-order valence-corrected chi connectivity index (χ4v) is 0.983. The molecule has 0 spiro atoms. The summed E-state index contributed by atoms with van der Waals surface area (Å²) in [6, 6.07) is 0. The predicted octanol–water partition coefficient (Wildman–Crippen LogP) is 1.57. The summed E-state index contributed by atoms with van der Waals surface area (Å²) in [6.07, 6.45) is 3.03. The maximum Gasteiger partial charge on any atom is 0.412 e.